The predicted octanol–water partition coefficient (Wildman–Crippen LogP) is 4.10. The third kappa shape index (κ3) is 5.42. The average Bonchev–Trinajstić information content (AvgIpc) is 3.05. The number of carbonyl (C=O) groups is 1. The second-order valence-corrected chi connectivity index (χ2v) is 10.7. The van der Waals surface area contributed by atoms with E-state index in [4.69, 9.17) is 4.74 Å². The van der Waals surface area contributed by atoms with Gasteiger partial charge >= 0.3 is 0 Å². The van der Waals surface area contributed by atoms with Crippen LogP contribution in [0.25, 0.3) is 0 Å². The van der Waals surface area contributed by atoms with E-state index in [0.29, 0.717) is 18.7 Å². The van der Waals surface area contributed by atoms with Crippen LogP contribution in [0, 0.1) is 6.92 Å². The Hall–Kier alpha value is -2.34. The lowest BCUT2D eigenvalue weighted by Crippen LogP contribution is -2.46. The molecule has 0 unspecified atom stereocenters. The fourth-order valence-electron chi connectivity index (χ4n) is 3.88. The first-order chi connectivity index (χ1) is 14.2. The Kier molecular flexibility index (Phi) is 6.86. The molecule has 1 fully saturated rings. The quantitative estimate of drug-likeness (QED) is 0.665. The van der Waals surface area contributed by atoms with Crippen LogP contribution in [-0.4, -0.2) is 42.9 Å². The van der Waals surface area contributed by atoms with Gasteiger partial charge in [0.25, 0.3) is 5.91 Å². The number of nitrogens with zero attached hydrogens (tertiary/aromatic N) is 1. The molecule has 1 heterocycles. The van der Waals surface area contributed by atoms with E-state index in [-0.39, 0.29) is 29.4 Å². The van der Waals surface area contributed by atoms with Crippen molar-refractivity contribution >= 4 is 15.7 Å². The summed E-state index contributed by atoms with van der Waals surface area (Å²) in [6, 6.07) is 15.4. The number of sulfone groups is 1. The van der Waals surface area contributed by atoms with Crippen molar-refractivity contribution in [1.82, 2.24) is 4.90 Å². The predicted molar refractivity (Wildman–Crippen MR) is 119 cm³/mol. The van der Waals surface area contributed by atoms with Gasteiger partial charge in [-0.25, -0.2) is 8.42 Å². The Balaban J connectivity index is 1.84. The van der Waals surface area contributed by atoms with Crippen molar-refractivity contribution in [3.8, 4) is 5.75 Å². The summed E-state index contributed by atoms with van der Waals surface area (Å²) in [5, 5.41) is 0. The Morgan fingerprint density at radius 3 is 2.43 bits per heavy atom. The molecule has 2 aromatic carbocycles. The molecule has 30 heavy (non-hydrogen) atoms. The van der Waals surface area contributed by atoms with Gasteiger partial charge in [0.2, 0.25) is 0 Å². The number of hydrogen-bond acceptors (Lipinski definition) is 4. The summed E-state index contributed by atoms with van der Waals surface area (Å²) in [5.41, 5.74) is 3.09. The minimum absolute atomic E-state index is 0.0139. The molecule has 0 saturated carbocycles. The topological polar surface area (TPSA) is 63.7 Å². The number of benzene rings is 2. The van der Waals surface area contributed by atoms with Gasteiger partial charge in [0, 0.05) is 12.6 Å². The number of rotatable bonds is 7. The third-order valence-electron chi connectivity index (χ3n) is 5.57. The molecule has 2 aromatic rings. The van der Waals surface area contributed by atoms with Crippen LogP contribution in [0.1, 0.15) is 49.8 Å². The molecule has 2 atom stereocenters. The van der Waals surface area contributed by atoms with E-state index in [0.717, 1.165) is 16.7 Å². The Morgan fingerprint density at radius 1 is 1.13 bits per heavy atom. The van der Waals surface area contributed by atoms with E-state index < -0.39 is 15.9 Å². The van der Waals surface area contributed by atoms with E-state index in [1.54, 1.807) is 11.8 Å². The van der Waals surface area contributed by atoms with E-state index in [9.17, 15) is 13.2 Å². The molecule has 6 heteroatoms. The van der Waals surface area contributed by atoms with Gasteiger partial charge in [-0.05, 0) is 48.9 Å². The number of ether oxygens (including phenoxy) is 1. The lowest BCUT2D eigenvalue weighted by molar-refractivity contribution is -0.140. The van der Waals surface area contributed by atoms with E-state index in [2.05, 4.69) is 13.8 Å². The molecule has 0 spiro atoms. The lowest BCUT2D eigenvalue weighted by atomic mass is 10.0. The highest BCUT2D eigenvalue weighted by Crippen LogP contribution is 2.29. The number of carbonyl (C=O) groups excluding carboxylic acids is 1. The van der Waals surface area contributed by atoms with Gasteiger partial charge in [-0.1, -0.05) is 56.3 Å². The summed E-state index contributed by atoms with van der Waals surface area (Å²) in [6.45, 7) is 8.30. The minimum atomic E-state index is -3.11. The number of amides is 1. The molecule has 3 rings (SSSR count). The summed E-state index contributed by atoms with van der Waals surface area (Å²) in [4.78, 5) is 15.1. The second-order valence-electron chi connectivity index (χ2n) is 8.46. The van der Waals surface area contributed by atoms with Crippen LogP contribution in [-0.2, 0) is 21.2 Å². The molecule has 1 saturated heterocycles. The standard InChI is InChI=1S/C24H31NO4S/c1-17(2)22-11-10-18(3)14-23(22)29-19(4)24(26)25(15-20-8-6-5-7-9-20)21-12-13-30(27,28)16-21/h5-11,14,17,19,21H,12-13,15-16H2,1-4H3/t19-,21-/m1/s1. The van der Waals surface area contributed by atoms with Gasteiger partial charge in [-0.3, -0.25) is 4.79 Å². The van der Waals surface area contributed by atoms with Crippen LogP contribution in [0.5, 0.6) is 5.75 Å². The zero-order valence-electron chi connectivity index (χ0n) is 18.2. The molecular formula is C24H31NO4S. The van der Waals surface area contributed by atoms with Crippen molar-refractivity contribution in [1.29, 1.82) is 0 Å². The molecule has 1 aliphatic heterocycles. The van der Waals surface area contributed by atoms with Gasteiger partial charge in [0.15, 0.2) is 15.9 Å². The van der Waals surface area contributed by atoms with E-state index in [1.165, 1.54) is 0 Å². The van der Waals surface area contributed by atoms with Gasteiger partial charge in [0.1, 0.15) is 5.75 Å². The molecule has 0 N–H and O–H groups in total. The summed E-state index contributed by atoms with van der Waals surface area (Å²) in [5.74, 6) is 0.936. The van der Waals surface area contributed by atoms with Crippen LogP contribution < -0.4 is 4.74 Å². The molecule has 0 bridgehead atoms. The third-order valence-corrected chi connectivity index (χ3v) is 7.32. The molecule has 1 amide bonds. The molecule has 0 aliphatic carbocycles. The molecule has 0 radical (unpaired) electrons. The number of aryl methyl sites for hydroxylation is 1. The summed E-state index contributed by atoms with van der Waals surface area (Å²) in [6.07, 6.45) is -0.244. The first-order valence-electron chi connectivity index (χ1n) is 10.5. The van der Waals surface area contributed by atoms with Crippen LogP contribution in [0.4, 0.5) is 0 Å². The highest BCUT2D eigenvalue weighted by molar-refractivity contribution is 7.91. The van der Waals surface area contributed by atoms with Crippen molar-refractivity contribution in [3.63, 3.8) is 0 Å². The maximum atomic E-state index is 13.4. The van der Waals surface area contributed by atoms with Crippen molar-refractivity contribution in [2.24, 2.45) is 0 Å². The fraction of sp³-hybridized carbons (Fsp3) is 0.458. The molecule has 1 aliphatic rings. The summed E-state index contributed by atoms with van der Waals surface area (Å²) < 4.78 is 30.3. The molecular weight excluding hydrogens is 398 g/mol. The Bertz CT molecular complexity index is 986. The van der Waals surface area contributed by atoms with Crippen LogP contribution in [0.15, 0.2) is 48.5 Å². The van der Waals surface area contributed by atoms with Gasteiger partial charge in [-0.15, -0.1) is 0 Å². The number of hydrogen-bond donors (Lipinski definition) is 0. The van der Waals surface area contributed by atoms with Crippen molar-refractivity contribution in [2.75, 3.05) is 11.5 Å². The van der Waals surface area contributed by atoms with Crippen LogP contribution in [0.3, 0.4) is 0 Å². The van der Waals surface area contributed by atoms with E-state index >= 15 is 0 Å². The fourth-order valence-corrected chi connectivity index (χ4v) is 5.61. The van der Waals surface area contributed by atoms with Crippen molar-refractivity contribution in [2.45, 2.75) is 58.7 Å². The monoisotopic (exact) mass is 429 g/mol. The maximum Gasteiger partial charge on any atom is 0.263 e. The van der Waals surface area contributed by atoms with E-state index in [1.807, 2.05) is 55.5 Å². The van der Waals surface area contributed by atoms with Crippen molar-refractivity contribution in [3.05, 3.63) is 65.2 Å². The van der Waals surface area contributed by atoms with Gasteiger partial charge < -0.3 is 9.64 Å². The molecule has 162 valence electrons. The average molecular weight is 430 g/mol. The maximum absolute atomic E-state index is 13.4. The zero-order chi connectivity index (χ0) is 21.9. The Labute approximate surface area is 180 Å². The summed E-state index contributed by atoms with van der Waals surface area (Å²) >= 11 is 0. The highest BCUT2D eigenvalue weighted by atomic mass is 32.2. The van der Waals surface area contributed by atoms with Crippen LogP contribution >= 0.6 is 0 Å². The van der Waals surface area contributed by atoms with Gasteiger partial charge in [0.05, 0.1) is 11.5 Å². The smallest absolute Gasteiger partial charge is 0.263 e. The zero-order valence-corrected chi connectivity index (χ0v) is 19.0. The minimum Gasteiger partial charge on any atom is -0.481 e. The summed E-state index contributed by atoms with van der Waals surface area (Å²) in [7, 11) is -3.11. The van der Waals surface area contributed by atoms with Gasteiger partial charge in [-0.2, -0.15) is 0 Å². The highest BCUT2D eigenvalue weighted by Gasteiger charge is 2.36. The first-order valence-corrected chi connectivity index (χ1v) is 12.3. The van der Waals surface area contributed by atoms with Crippen molar-refractivity contribution < 1.29 is 17.9 Å². The lowest BCUT2D eigenvalue weighted by Gasteiger charge is -2.31. The van der Waals surface area contributed by atoms with Crippen LogP contribution in [0.2, 0.25) is 0 Å². The SMILES string of the molecule is Cc1ccc(C(C)C)c(O[C@H](C)C(=O)N(Cc2ccccc2)[C@@H]2CCS(=O)(=O)C2)c1. The second kappa shape index (κ2) is 9.21. The Morgan fingerprint density at radius 2 is 1.83 bits per heavy atom. The normalized spacial score (nSPS) is 18.9. The molecule has 5 nitrogen and oxygen atoms in total. The first kappa shape index (κ1) is 22.3. The largest absolute Gasteiger partial charge is 0.481 e. The molecule has 0 aromatic heterocycles.